The Labute approximate surface area is 124 Å². The van der Waals surface area contributed by atoms with Crippen LogP contribution in [0.2, 0.25) is 0 Å². The Morgan fingerprint density at radius 3 is 2.52 bits per heavy atom. The molecule has 0 aliphatic rings. The lowest BCUT2D eigenvalue weighted by Crippen LogP contribution is -2.13. The predicted octanol–water partition coefficient (Wildman–Crippen LogP) is 3.02. The summed E-state index contributed by atoms with van der Waals surface area (Å²) in [4.78, 5) is 12.3. The molecule has 0 aromatic heterocycles. The number of benzene rings is 2. The lowest BCUT2D eigenvalue weighted by Gasteiger charge is -2.11. The highest BCUT2D eigenvalue weighted by Crippen LogP contribution is 2.21. The number of nitrogens with one attached hydrogen (secondary N) is 1. The molecule has 0 aliphatic heterocycles. The highest BCUT2D eigenvalue weighted by atomic mass is 16.5. The number of rotatable bonds is 4. The van der Waals surface area contributed by atoms with Crippen molar-refractivity contribution >= 4 is 11.6 Å². The molecule has 0 atom stereocenters. The number of amides is 1. The molecule has 0 heterocycles. The fourth-order valence-corrected chi connectivity index (χ4v) is 2.09. The summed E-state index contributed by atoms with van der Waals surface area (Å²) >= 11 is 0. The molecule has 21 heavy (non-hydrogen) atoms. The topological polar surface area (TPSA) is 64.3 Å². The van der Waals surface area contributed by atoms with Crippen molar-refractivity contribution in [2.45, 2.75) is 20.4 Å². The first-order chi connectivity index (χ1) is 10.0. The standard InChI is InChI=1S/C17H20N2O2/c1-11-4-6-13(10-18)8-15(11)19-17(20)14-7-5-12(2)16(9-14)21-3/h4-9H,10,18H2,1-3H3,(H,19,20). The lowest BCUT2D eigenvalue weighted by atomic mass is 10.1. The Kier molecular flexibility index (Phi) is 4.60. The highest BCUT2D eigenvalue weighted by molar-refractivity contribution is 6.05. The van der Waals surface area contributed by atoms with Crippen LogP contribution in [0, 0.1) is 13.8 Å². The van der Waals surface area contributed by atoms with E-state index in [0.717, 1.165) is 22.4 Å². The Balaban J connectivity index is 2.25. The molecule has 0 unspecified atom stereocenters. The number of ether oxygens (including phenoxy) is 1. The van der Waals surface area contributed by atoms with Crippen molar-refractivity contribution < 1.29 is 9.53 Å². The molecule has 0 bridgehead atoms. The molecule has 2 rings (SSSR count). The third-order valence-corrected chi connectivity index (χ3v) is 3.46. The zero-order valence-electron chi connectivity index (χ0n) is 12.6. The molecule has 0 saturated carbocycles. The van der Waals surface area contributed by atoms with Gasteiger partial charge >= 0.3 is 0 Å². The number of hydrogen-bond donors (Lipinski definition) is 2. The van der Waals surface area contributed by atoms with E-state index in [2.05, 4.69) is 5.32 Å². The molecule has 0 saturated heterocycles. The Morgan fingerprint density at radius 2 is 1.86 bits per heavy atom. The van der Waals surface area contributed by atoms with E-state index in [9.17, 15) is 4.79 Å². The van der Waals surface area contributed by atoms with Gasteiger partial charge in [0.15, 0.2) is 0 Å². The number of anilines is 1. The van der Waals surface area contributed by atoms with Crippen molar-refractivity contribution in [1.82, 2.24) is 0 Å². The smallest absolute Gasteiger partial charge is 0.255 e. The van der Waals surface area contributed by atoms with E-state index in [-0.39, 0.29) is 5.91 Å². The molecule has 1 amide bonds. The van der Waals surface area contributed by atoms with Crippen molar-refractivity contribution in [2.24, 2.45) is 5.73 Å². The summed E-state index contributed by atoms with van der Waals surface area (Å²) in [6, 6.07) is 11.2. The second kappa shape index (κ2) is 6.41. The molecular formula is C17H20N2O2. The molecule has 0 radical (unpaired) electrons. The van der Waals surface area contributed by atoms with Crippen LogP contribution >= 0.6 is 0 Å². The van der Waals surface area contributed by atoms with Crippen molar-refractivity contribution in [3.8, 4) is 5.75 Å². The van der Waals surface area contributed by atoms with E-state index in [4.69, 9.17) is 10.5 Å². The number of carbonyl (C=O) groups excluding carboxylic acids is 1. The van der Waals surface area contributed by atoms with Crippen LogP contribution in [0.25, 0.3) is 0 Å². The maximum Gasteiger partial charge on any atom is 0.255 e. The fourth-order valence-electron chi connectivity index (χ4n) is 2.09. The van der Waals surface area contributed by atoms with Crippen molar-refractivity contribution in [2.75, 3.05) is 12.4 Å². The van der Waals surface area contributed by atoms with Gasteiger partial charge in [0.05, 0.1) is 7.11 Å². The third kappa shape index (κ3) is 3.41. The average molecular weight is 284 g/mol. The van der Waals surface area contributed by atoms with Gasteiger partial charge in [0.2, 0.25) is 0 Å². The van der Waals surface area contributed by atoms with Gasteiger partial charge in [-0.2, -0.15) is 0 Å². The SMILES string of the molecule is COc1cc(C(=O)Nc2cc(CN)ccc2C)ccc1C. The summed E-state index contributed by atoms with van der Waals surface area (Å²) in [6.45, 7) is 4.34. The minimum absolute atomic E-state index is 0.162. The Morgan fingerprint density at radius 1 is 1.14 bits per heavy atom. The summed E-state index contributed by atoms with van der Waals surface area (Å²) in [6.07, 6.45) is 0. The molecule has 2 aromatic rings. The van der Waals surface area contributed by atoms with Gasteiger partial charge in [-0.15, -0.1) is 0 Å². The minimum atomic E-state index is -0.162. The lowest BCUT2D eigenvalue weighted by molar-refractivity contribution is 0.102. The van der Waals surface area contributed by atoms with E-state index in [1.807, 2.05) is 38.1 Å². The van der Waals surface area contributed by atoms with E-state index < -0.39 is 0 Å². The summed E-state index contributed by atoms with van der Waals surface area (Å²) in [5, 5.41) is 2.92. The van der Waals surface area contributed by atoms with Gasteiger partial charge in [0, 0.05) is 17.8 Å². The molecule has 0 fully saturated rings. The number of methoxy groups -OCH3 is 1. The van der Waals surface area contributed by atoms with E-state index in [1.165, 1.54) is 0 Å². The van der Waals surface area contributed by atoms with Gasteiger partial charge in [-0.1, -0.05) is 18.2 Å². The molecule has 0 aliphatic carbocycles. The molecular weight excluding hydrogens is 264 g/mol. The second-order valence-electron chi connectivity index (χ2n) is 4.99. The predicted molar refractivity (Wildman–Crippen MR) is 84.8 cm³/mol. The molecule has 2 aromatic carbocycles. The van der Waals surface area contributed by atoms with Gasteiger partial charge < -0.3 is 15.8 Å². The van der Waals surface area contributed by atoms with Gasteiger partial charge in [-0.05, 0) is 48.7 Å². The molecule has 0 spiro atoms. The van der Waals surface area contributed by atoms with Gasteiger partial charge in [0.1, 0.15) is 5.75 Å². The summed E-state index contributed by atoms with van der Waals surface area (Å²) in [5.74, 6) is 0.542. The maximum atomic E-state index is 12.3. The first kappa shape index (κ1) is 15.1. The van der Waals surface area contributed by atoms with Crippen molar-refractivity contribution in [3.63, 3.8) is 0 Å². The summed E-state index contributed by atoms with van der Waals surface area (Å²) in [5.41, 5.74) is 9.96. The average Bonchev–Trinajstić information content (AvgIpc) is 2.49. The number of aryl methyl sites for hydroxylation is 2. The van der Waals surface area contributed by atoms with Gasteiger partial charge in [0.25, 0.3) is 5.91 Å². The summed E-state index contributed by atoms with van der Waals surface area (Å²) < 4.78 is 5.25. The largest absolute Gasteiger partial charge is 0.496 e. The van der Waals surface area contributed by atoms with Gasteiger partial charge in [-0.3, -0.25) is 4.79 Å². The maximum absolute atomic E-state index is 12.3. The zero-order valence-corrected chi connectivity index (χ0v) is 12.6. The van der Waals surface area contributed by atoms with E-state index in [0.29, 0.717) is 17.9 Å². The Hall–Kier alpha value is -2.33. The number of carbonyl (C=O) groups is 1. The van der Waals surface area contributed by atoms with Crippen LogP contribution in [0.1, 0.15) is 27.0 Å². The van der Waals surface area contributed by atoms with Crippen molar-refractivity contribution in [3.05, 3.63) is 58.7 Å². The number of hydrogen-bond acceptors (Lipinski definition) is 3. The Bertz CT molecular complexity index is 666. The van der Waals surface area contributed by atoms with Crippen LogP contribution in [0.4, 0.5) is 5.69 Å². The first-order valence-electron chi connectivity index (χ1n) is 6.80. The first-order valence-corrected chi connectivity index (χ1v) is 6.80. The zero-order chi connectivity index (χ0) is 15.4. The van der Waals surface area contributed by atoms with Crippen LogP contribution in [-0.4, -0.2) is 13.0 Å². The van der Waals surface area contributed by atoms with E-state index in [1.54, 1.807) is 19.2 Å². The third-order valence-electron chi connectivity index (χ3n) is 3.46. The van der Waals surface area contributed by atoms with Crippen LogP contribution in [0.5, 0.6) is 5.75 Å². The van der Waals surface area contributed by atoms with Gasteiger partial charge in [-0.25, -0.2) is 0 Å². The van der Waals surface area contributed by atoms with Crippen LogP contribution in [-0.2, 0) is 6.54 Å². The van der Waals surface area contributed by atoms with Crippen LogP contribution in [0.15, 0.2) is 36.4 Å². The summed E-state index contributed by atoms with van der Waals surface area (Å²) in [7, 11) is 1.60. The normalized spacial score (nSPS) is 10.3. The van der Waals surface area contributed by atoms with Crippen LogP contribution < -0.4 is 15.8 Å². The monoisotopic (exact) mass is 284 g/mol. The fraction of sp³-hybridized carbons (Fsp3) is 0.235. The molecule has 4 nitrogen and oxygen atoms in total. The quantitative estimate of drug-likeness (QED) is 0.907. The molecule has 110 valence electrons. The highest BCUT2D eigenvalue weighted by Gasteiger charge is 2.10. The molecule has 4 heteroatoms. The van der Waals surface area contributed by atoms with Crippen LogP contribution in [0.3, 0.4) is 0 Å². The van der Waals surface area contributed by atoms with E-state index >= 15 is 0 Å². The van der Waals surface area contributed by atoms with Crippen molar-refractivity contribution in [1.29, 1.82) is 0 Å². The molecule has 3 N–H and O–H groups in total. The number of nitrogens with two attached hydrogens (primary N) is 1. The minimum Gasteiger partial charge on any atom is -0.496 e. The second-order valence-corrected chi connectivity index (χ2v) is 4.99.